The average Bonchev–Trinajstić information content (AvgIpc) is 2.11. The third-order valence-electron chi connectivity index (χ3n) is 1.73. The first-order valence-electron chi connectivity index (χ1n) is 3.89. The molecule has 7 heteroatoms. The zero-order chi connectivity index (χ0) is 12.3. The second-order valence-electron chi connectivity index (χ2n) is 2.83. The Morgan fingerprint density at radius 2 is 2.00 bits per heavy atom. The lowest BCUT2D eigenvalue weighted by molar-refractivity contribution is -0.281. The predicted molar refractivity (Wildman–Crippen MR) is 45.7 cm³/mol. The highest BCUT2D eigenvalue weighted by molar-refractivity contribution is 5.81. The maximum atomic E-state index is 12.2. The van der Waals surface area contributed by atoms with Gasteiger partial charge in [-0.15, -0.1) is 6.58 Å². The van der Waals surface area contributed by atoms with Crippen LogP contribution in [-0.2, 0) is 14.3 Å². The molecule has 0 aliphatic carbocycles. The van der Waals surface area contributed by atoms with Gasteiger partial charge in [-0.1, -0.05) is 6.08 Å². The first-order valence-corrected chi connectivity index (χ1v) is 3.89. The summed E-state index contributed by atoms with van der Waals surface area (Å²) in [7, 11) is 1.02. The van der Waals surface area contributed by atoms with Gasteiger partial charge in [-0.2, -0.15) is 13.2 Å². The van der Waals surface area contributed by atoms with Gasteiger partial charge >= 0.3 is 6.18 Å². The van der Waals surface area contributed by atoms with Crippen molar-refractivity contribution in [3.05, 3.63) is 12.7 Å². The van der Waals surface area contributed by atoms with Gasteiger partial charge in [-0.25, -0.2) is 0 Å². The maximum absolute atomic E-state index is 12.2. The summed E-state index contributed by atoms with van der Waals surface area (Å²) < 4.78 is 45.6. The number of hydrogen-bond donors (Lipinski definition) is 1. The third kappa shape index (κ3) is 3.52. The topological polar surface area (TPSA) is 61.6 Å². The van der Waals surface area contributed by atoms with Crippen molar-refractivity contribution in [2.24, 2.45) is 5.73 Å². The summed E-state index contributed by atoms with van der Waals surface area (Å²) in [5.41, 5.74) is 4.84. The Hall–Kier alpha value is -1.08. The summed E-state index contributed by atoms with van der Waals surface area (Å²) >= 11 is 0. The Kier molecular flexibility index (Phi) is 4.29. The highest BCUT2D eigenvalue weighted by Crippen LogP contribution is 2.27. The first kappa shape index (κ1) is 13.9. The Balaban J connectivity index is 4.81. The Morgan fingerprint density at radius 3 is 2.20 bits per heavy atom. The predicted octanol–water partition coefficient (Wildman–Crippen LogP) is 0.968. The number of primary amides is 1. The highest BCUT2D eigenvalue weighted by Gasteiger charge is 2.45. The van der Waals surface area contributed by atoms with Gasteiger partial charge in [0, 0.05) is 7.11 Å². The molecule has 1 amide bonds. The average molecular weight is 227 g/mol. The number of halogens is 3. The molecule has 0 aromatic heterocycles. The lowest BCUT2D eigenvalue weighted by atomic mass is 10.2. The van der Waals surface area contributed by atoms with E-state index in [0.29, 0.717) is 6.08 Å². The van der Waals surface area contributed by atoms with Crippen molar-refractivity contribution in [2.45, 2.75) is 25.0 Å². The van der Waals surface area contributed by atoms with Crippen LogP contribution in [0.25, 0.3) is 0 Å². The minimum absolute atomic E-state index is 0.514. The molecular formula is C8H12F3NO3. The van der Waals surface area contributed by atoms with Crippen molar-refractivity contribution in [1.82, 2.24) is 0 Å². The van der Waals surface area contributed by atoms with Crippen LogP contribution in [0.1, 0.15) is 6.92 Å². The van der Waals surface area contributed by atoms with Crippen molar-refractivity contribution in [3.63, 3.8) is 0 Å². The number of methoxy groups -OCH3 is 1. The smallest absolute Gasteiger partial charge is 0.365 e. The zero-order valence-electron chi connectivity index (χ0n) is 8.30. The summed E-state index contributed by atoms with van der Waals surface area (Å²) in [5, 5.41) is 0. The van der Waals surface area contributed by atoms with E-state index in [-0.39, 0.29) is 0 Å². The molecule has 0 radical (unpaired) electrons. The van der Waals surface area contributed by atoms with Crippen LogP contribution in [0.5, 0.6) is 0 Å². The molecule has 0 fully saturated rings. The van der Waals surface area contributed by atoms with E-state index in [1.807, 2.05) is 0 Å². The number of carbonyl (C=O) groups excluding carboxylic acids is 1. The minimum atomic E-state index is -4.67. The zero-order valence-corrected chi connectivity index (χ0v) is 8.30. The van der Waals surface area contributed by atoms with Crippen LogP contribution < -0.4 is 5.73 Å². The molecule has 0 heterocycles. The fraction of sp³-hybridized carbons (Fsp3) is 0.625. The molecule has 0 rings (SSSR count). The summed E-state index contributed by atoms with van der Waals surface area (Å²) in [6.07, 6.45) is -6.47. The van der Waals surface area contributed by atoms with E-state index in [9.17, 15) is 18.0 Å². The van der Waals surface area contributed by atoms with Gasteiger partial charge < -0.3 is 15.2 Å². The SMILES string of the molecule is C=CC(OC(C)(OC)C(N)=O)C(F)(F)F. The van der Waals surface area contributed by atoms with Crippen LogP contribution in [0.3, 0.4) is 0 Å². The summed E-state index contributed by atoms with van der Waals surface area (Å²) in [5.74, 6) is -3.28. The van der Waals surface area contributed by atoms with Gasteiger partial charge in [0.15, 0.2) is 6.10 Å². The molecule has 2 atom stereocenters. The van der Waals surface area contributed by atoms with Crippen LogP contribution in [-0.4, -0.2) is 31.1 Å². The number of nitrogens with two attached hydrogens (primary N) is 1. The van der Waals surface area contributed by atoms with Crippen LogP contribution >= 0.6 is 0 Å². The number of hydrogen-bond acceptors (Lipinski definition) is 3. The lowest BCUT2D eigenvalue weighted by Gasteiger charge is -2.29. The maximum Gasteiger partial charge on any atom is 0.418 e. The Labute approximate surface area is 84.8 Å². The monoisotopic (exact) mass is 227 g/mol. The van der Waals surface area contributed by atoms with Crippen molar-refractivity contribution in [3.8, 4) is 0 Å². The van der Waals surface area contributed by atoms with Crippen molar-refractivity contribution in [2.75, 3.05) is 7.11 Å². The van der Waals surface area contributed by atoms with E-state index in [1.165, 1.54) is 0 Å². The molecule has 0 aliphatic rings. The second kappa shape index (κ2) is 4.63. The van der Waals surface area contributed by atoms with Gasteiger partial charge in [0.1, 0.15) is 0 Å². The molecular weight excluding hydrogens is 215 g/mol. The van der Waals surface area contributed by atoms with E-state index < -0.39 is 24.0 Å². The Bertz CT molecular complexity index is 254. The molecule has 0 bridgehead atoms. The molecule has 88 valence electrons. The van der Waals surface area contributed by atoms with E-state index in [1.54, 1.807) is 0 Å². The molecule has 15 heavy (non-hydrogen) atoms. The first-order chi connectivity index (χ1) is 6.67. The molecule has 4 nitrogen and oxygen atoms in total. The van der Waals surface area contributed by atoms with Crippen molar-refractivity contribution >= 4 is 5.91 Å². The van der Waals surface area contributed by atoms with Gasteiger partial charge in [-0.05, 0) is 6.92 Å². The second-order valence-corrected chi connectivity index (χ2v) is 2.83. The number of alkyl halides is 3. The van der Waals surface area contributed by atoms with E-state index in [0.717, 1.165) is 14.0 Å². The fourth-order valence-electron chi connectivity index (χ4n) is 0.698. The van der Waals surface area contributed by atoms with Crippen molar-refractivity contribution in [1.29, 1.82) is 0 Å². The summed E-state index contributed by atoms with van der Waals surface area (Å²) in [6, 6.07) is 0. The molecule has 0 spiro atoms. The highest BCUT2D eigenvalue weighted by atomic mass is 19.4. The third-order valence-corrected chi connectivity index (χ3v) is 1.73. The van der Waals surface area contributed by atoms with Gasteiger partial charge in [0.05, 0.1) is 0 Å². The van der Waals surface area contributed by atoms with Gasteiger partial charge in [-0.3, -0.25) is 4.79 Å². The number of amides is 1. The standard InChI is InChI=1S/C8H12F3NO3/c1-4-5(8(9,10)11)15-7(2,14-3)6(12)13/h4-5H,1H2,2-3H3,(H2,12,13). The molecule has 0 aromatic carbocycles. The van der Waals surface area contributed by atoms with Crippen molar-refractivity contribution < 1.29 is 27.4 Å². The van der Waals surface area contributed by atoms with Crippen LogP contribution in [0, 0.1) is 0 Å². The van der Waals surface area contributed by atoms with Crippen LogP contribution in [0.4, 0.5) is 13.2 Å². The summed E-state index contributed by atoms with van der Waals surface area (Å²) in [6.45, 7) is 3.95. The van der Waals surface area contributed by atoms with Crippen LogP contribution in [0.2, 0.25) is 0 Å². The molecule has 0 aliphatic heterocycles. The quantitative estimate of drug-likeness (QED) is 0.562. The van der Waals surface area contributed by atoms with Gasteiger partial charge in [0.25, 0.3) is 5.91 Å². The number of rotatable bonds is 5. The number of ether oxygens (including phenoxy) is 2. The number of carbonyl (C=O) groups is 1. The molecule has 2 N–H and O–H groups in total. The molecule has 0 aromatic rings. The fourth-order valence-corrected chi connectivity index (χ4v) is 0.698. The largest absolute Gasteiger partial charge is 0.418 e. The summed E-state index contributed by atoms with van der Waals surface area (Å²) in [4.78, 5) is 10.8. The van der Waals surface area contributed by atoms with Gasteiger partial charge in [0.2, 0.25) is 5.79 Å². The van der Waals surface area contributed by atoms with Crippen LogP contribution in [0.15, 0.2) is 12.7 Å². The van der Waals surface area contributed by atoms with E-state index in [2.05, 4.69) is 16.1 Å². The molecule has 2 unspecified atom stereocenters. The van der Waals surface area contributed by atoms with E-state index >= 15 is 0 Å². The molecule has 0 saturated carbocycles. The van der Waals surface area contributed by atoms with E-state index in [4.69, 9.17) is 5.73 Å². The normalized spacial score (nSPS) is 17.9. The molecule has 0 saturated heterocycles. The minimum Gasteiger partial charge on any atom is -0.365 e. The lowest BCUT2D eigenvalue weighted by Crippen LogP contribution is -2.50. The Morgan fingerprint density at radius 1 is 1.53 bits per heavy atom.